The summed E-state index contributed by atoms with van der Waals surface area (Å²) in [4.78, 5) is 0. The molecule has 0 aromatic rings. The van der Waals surface area contributed by atoms with E-state index >= 15 is 0 Å². The zero-order valence-electron chi connectivity index (χ0n) is 6.42. The van der Waals surface area contributed by atoms with Crippen LogP contribution in [0.2, 0.25) is 0 Å². The molecule has 1 fully saturated rings. The summed E-state index contributed by atoms with van der Waals surface area (Å²) in [7, 11) is 0. The largest absolute Gasteiger partial charge is 0.0882 e. The number of hydrogen-bond acceptors (Lipinski definition) is 0. The Kier molecular flexibility index (Phi) is 1.79. The smallest absolute Gasteiger partial charge is 0.0202 e. The molecular formula is C10H15. The van der Waals surface area contributed by atoms with Gasteiger partial charge in [0.25, 0.3) is 0 Å². The molecule has 0 aromatic heterocycles. The molecule has 0 heterocycles. The molecule has 2 atom stereocenters. The Hall–Kier alpha value is -0.260. The van der Waals surface area contributed by atoms with E-state index in [-0.39, 0.29) is 0 Å². The molecule has 2 unspecified atom stereocenters. The number of fused-ring (bicyclic) bond motifs is 1. The van der Waals surface area contributed by atoms with Crippen LogP contribution in [0.4, 0.5) is 0 Å². The van der Waals surface area contributed by atoms with Crippen LogP contribution < -0.4 is 0 Å². The van der Waals surface area contributed by atoms with Crippen LogP contribution in [0.3, 0.4) is 0 Å². The van der Waals surface area contributed by atoms with Gasteiger partial charge in [0, 0.05) is 0 Å². The zero-order valence-corrected chi connectivity index (χ0v) is 6.42. The van der Waals surface area contributed by atoms with Gasteiger partial charge in [-0.1, -0.05) is 18.6 Å². The van der Waals surface area contributed by atoms with Crippen LogP contribution in [0.1, 0.15) is 32.1 Å². The lowest BCUT2D eigenvalue weighted by atomic mass is 9.74. The molecule has 0 nitrogen and oxygen atoms in total. The van der Waals surface area contributed by atoms with Crippen molar-refractivity contribution >= 4 is 0 Å². The Bertz CT molecular complexity index is 135. The van der Waals surface area contributed by atoms with Crippen LogP contribution in [-0.2, 0) is 0 Å². The highest BCUT2D eigenvalue weighted by Crippen LogP contribution is 2.35. The summed E-state index contributed by atoms with van der Waals surface area (Å²) < 4.78 is 0. The van der Waals surface area contributed by atoms with E-state index in [9.17, 15) is 0 Å². The van der Waals surface area contributed by atoms with E-state index < -0.39 is 0 Å². The maximum Gasteiger partial charge on any atom is -0.0202 e. The van der Waals surface area contributed by atoms with Crippen molar-refractivity contribution in [1.82, 2.24) is 0 Å². The lowest BCUT2D eigenvalue weighted by molar-refractivity contribution is 0.326. The van der Waals surface area contributed by atoms with Gasteiger partial charge in [-0.25, -0.2) is 0 Å². The van der Waals surface area contributed by atoms with Gasteiger partial charge in [-0.15, -0.1) is 0 Å². The van der Waals surface area contributed by atoms with Crippen molar-refractivity contribution in [3.05, 3.63) is 18.6 Å². The summed E-state index contributed by atoms with van der Waals surface area (Å²) in [6.07, 6.45) is 14.3. The summed E-state index contributed by atoms with van der Waals surface area (Å²) in [6, 6.07) is 0. The van der Waals surface area contributed by atoms with E-state index in [1.807, 2.05) is 0 Å². The summed E-state index contributed by atoms with van der Waals surface area (Å²) in [5.74, 6) is 1.86. The second-order valence-electron chi connectivity index (χ2n) is 3.50. The van der Waals surface area contributed by atoms with Crippen molar-refractivity contribution in [3.8, 4) is 0 Å². The predicted octanol–water partition coefficient (Wildman–Crippen LogP) is 2.96. The second kappa shape index (κ2) is 2.77. The van der Waals surface area contributed by atoms with Crippen molar-refractivity contribution in [3.63, 3.8) is 0 Å². The van der Waals surface area contributed by atoms with Crippen LogP contribution in [-0.4, -0.2) is 0 Å². The van der Waals surface area contributed by atoms with Gasteiger partial charge >= 0.3 is 0 Å². The first-order valence-electron chi connectivity index (χ1n) is 4.47. The molecule has 2 rings (SSSR count). The molecule has 10 heavy (non-hydrogen) atoms. The summed E-state index contributed by atoms with van der Waals surface area (Å²) >= 11 is 0. The van der Waals surface area contributed by atoms with E-state index in [4.69, 9.17) is 0 Å². The fourth-order valence-electron chi connectivity index (χ4n) is 2.20. The highest BCUT2D eigenvalue weighted by atomic mass is 14.3. The minimum Gasteiger partial charge on any atom is -0.0882 e. The molecule has 0 aromatic carbocycles. The van der Waals surface area contributed by atoms with Crippen molar-refractivity contribution in [2.24, 2.45) is 11.8 Å². The van der Waals surface area contributed by atoms with Crippen LogP contribution >= 0.6 is 0 Å². The highest BCUT2D eigenvalue weighted by Gasteiger charge is 2.24. The SMILES string of the molecule is [CH]1CCCC2C=CCCC12. The average molecular weight is 135 g/mol. The number of rotatable bonds is 0. The lowest BCUT2D eigenvalue weighted by Crippen LogP contribution is -2.20. The second-order valence-corrected chi connectivity index (χ2v) is 3.50. The van der Waals surface area contributed by atoms with Gasteiger partial charge in [-0.2, -0.15) is 0 Å². The van der Waals surface area contributed by atoms with E-state index in [1.165, 1.54) is 32.1 Å². The molecule has 0 heteroatoms. The van der Waals surface area contributed by atoms with Gasteiger partial charge in [0.2, 0.25) is 0 Å². The highest BCUT2D eigenvalue weighted by molar-refractivity contribution is 5.03. The Morgan fingerprint density at radius 2 is 2.00 bits per heavy atom. The standard InChI is InChI=1S/C10H15/c1-2-6-10-8-4-3-7-9(10)5-1/h1,5,8-10H,2-4,6-7H2. The summed E-state index contributed by atoms with van der Waals surface area (Å²) in [6.45, 7) is 0. The third-order valence-electron chi connectivity index (χ3n) is 2.81. The Labute approximate surface area is 63.3 Å². The molecule has 1 saturated carbocycles. The third kappa shape index (κ3) is 1.12. The van der Waals surface area contributed by atoms with E-state index in [0.29, 0.717) is 0 Å². The number of hydrogen-bond donors (Lipinski definition) is 0. The number of allylic oxidation sites excluding steroid dienone is 2. The predicted molar refractivity (Wildman–Crippen MR) is 43.5 cm³/mol. The molecule has 2 aliphatic carbocycles. The molecule has 0 bridgehead atoms. The van der Waals surface area contributed by atoms with Crippen molar-refractivity contribution in [2.75, 3.05) is 0 Å². The fourth-order valence-corrected chi connectivity index (χ4v) is 2.20. The van der Waals surface area contributed by atoms with E-state index in [1.54, 1.807) is 0 Å². The van der Waals surface area contributed by atoms with E-state index in [2.05, 4.69) is 18.6 Å². The van der Waals surface area contributed by atoms with Crippen LogP contribution in [0, 0.1) is 18.3 Å². The van der Waals surface area contributed by atoms with Gasteiger partial charge < -0.3 is 0 Å². The molecule has 55 valence electrons. The van der Waals surface area contributed by atoms with Gasteiger partial charge in [0.15, 0.2) is 0 Å². The van der Waals surface area contributed by atoms with Crippen LogP contribution in [0.15, 0.2) is 12.2 Å². The van der Waals surface area contributed by atoms with Crippen molar-refractivity contribution in [1.29, 1.82) is 0 Å². The monoisotopic (exact) mass is 135 g/mol. The molecule has 0 saturated heterocycles. The first-order chi connectivity index (χ1) is 4.97. The minimum atomic E-state index is 0.919. The van der Waals surface area contributed by atoms with Gasteiger partial charge in [-0.3, -0.25) is 0 Å². The zero-order chi connectivity index (χ0) is 6.81. The Morgan fingerprint density at radius 1 is 1.00 bits per heavy atom. The summed E-state index contributed by atoms with van der Waals surface area (Å²) in [5.41, 5.74) is 0. The van der Waals surface area contributed by atoms with Crippen LogP contribution in [0.25, 0.3) is 0 Å². The topological polar surface area (TPSA) is 0 Å². The first-order valence-corrected chi connectivity index (χ1v) is 4.47. The van der Waals surface area contributed by atoms with Gasteiger partial charge in [-0.05, 0) is 43.9 Å². The summed E-state index contributed by atoms with van der Waals surface area (Å²) in [5, 5.41) is 0. The average Bonchev–Trinajstić information content (AvgIpc) is 2.05. The normalized spacial score (nSPS) is 39.2. The molecule has 0 N–H and O–H groups in total. The Morgan fingerprint density at radius 3 is 2.90 bits per heavy atom. The molecular weight excluding hydrogens is 120 g/mol. The first kappa shape index (κ1) is 6.45. The minimum absolute atomic E-state index is 0.919. The quantitative estimate of drug-likeness (QED) is 0.448. The van der Waals surface area contributed by atoms with Gasteiger partial charge in [0.1, 0.15) is 0 Å². The fraction of sp³-hybridized carbons (Fsp3) is 0.700. The maximum atomic E-state index is 2.54. The van der Waals surface area contributed by atoms with Crippen molar-refractivity contribution in [2.45, 2.75) is 32.1 Å². The van der Waals surface area contributed by atoms with Crippen LogP contribution in [0.5, 0.6) is 0 Å². The maximum absolute atomic E-state index is 2.54. The molecule has 0 aliphatic heterocycles. The molecule has 1 radical (unpaired) electrons. The third-order valence-corrected chi connectivity index (χ3v) is 2.81. The molecule has 0 spiro atoms. The van der Waals surface area contributed by atoms with Crippen molar-refractivity contribution < 1.29 is 0 Å². The molecule has 0 amide bonds. The van der Waals surface area contributed by atoms with E-state index in [0.717, 1.165) is 11.8 Å². The Balaban J connectivity index is 2.03. The van der Waals surface area contributed by atoms with Gasteiger partial charge in [0.05, 0.1) is 0 Å². The lowest BCUT2D eigenvalue weighted by Gasteiger charge is -2.31. The molecule has 2 aliphatic rings.